The molecule has 28 heavy (non-hydrogen) atoms. The van der Waals surface area contributed by atoms with Gasteiger partial charge in [-0.15, -0.1) is 0 Å². The molecule has 0 saturated carbocycles. The van der Waals surface area contributed by atoms with Crippen molar-refractivity contribution in [3.8, 4) is 16.9 Å². The molecule has 0 saturated heterocycles. The van der Waals surface area contributed by atoms with Crippen molar-refractivity contribution in [2.75, 3.05) is 13.2 Å². The van der Waals surface area contributed by atoms with Gasteiger partial charge in [0.05, 0.1) is 0 Å². The highest BCUT2D eigenvalue weighted by Gasteiger charge is 2.11. The largest absolute Gasteiger partial charge is 0.482 e. The van der Waals surface area contributed by atoms with E-state index in [0.29, 0.717) is 11.3 Å². The minimum atomic E-state index is -0.575. The van der Waals surface area contributed by atoms with E-state index < -0.39 is 5.97 Å². The van der Waals surface area contributed by atoms with E-state index in [9.17, 15) is 9.59 Å². The van der Waals surface area contributed by atoms with E-state index in [1.165, 1.54) is 5.56 Å². The number of esters is 1. The number of hydrogen-bond acceptors (Lipinski definition) is 4. The Balaban J connectivity index is 1.47. The summed E-state index contributed by atoms with van der Waals surface area (Å²) >= 11 is 0. The summed E-state index contributed by atoms with van der Waals surface area (Å²) in [5.74, 6) is -0.230. The van der Waals surface area contributed by atoms with Gasteiger partial charge in [-0.05, 0) is 35.2 Å². The highest BCUT2D eigenvalue weighted by atomic mass is 16.6. The Morgan fingerprint density at radius 1 is 0.750 bits per heavy atom. The van der Waals surface area contributed by atoms with Crippen LogP contribution in [0.4, 0.5) is 0 Å². The lowest BCUT2D eigenvalue weighted by atomic mass is 10.0. The topological polar surface area (TPSA) is 52.6 Å². The van der Waals surface area contributed by atoms with E-state index in [4.69, 9.17) is 9.47 Å². The Morgan fingerprint density at radius 3 is 2.04 bits per heavy atom. The number of ether oxygens (including phenoxy) is 2. The molecular formula is C24H22O4. The summed E-state index contributed by atoms with van der Waals surface area (Å²) < 4.78 is 10.4. The maximum Gasteiger partial charge on any atom is 0.344 e. The molecule has 3 rings (SSSR count). The third kappa shape index (κ3) is 5.30. The van der Waals surface area contributed by atoms with Crippen LogP contribution in [-0.4, -0.2) is 25.0 Å². The predicted molar refractivity (Wildman–Crippen MR) is 108 cm³/mol. The van der Waals surface area contributed by atoms with E-state index >= 15 is 0 Å². The van der Waals surface area contributed by atoms with Crippen LogP contribution in [0.2, 0.25) is 0 Å². The summed E-state index contributed by atoms with van der Waals surface area (Å²) in [6.45, 7) is 1.53. The number of Topliss-reactive ketones (excluding diaryl/α,β-unsaturated/α-hetero) is 1. The molecule has 0 amide bonds. The first kappa shape index (κ1) is 19.4. The van der Waals surface area contributed by atoms with Crippen molar-refractivity contribution in [3.63, 3.8) is 0 Å². The Morgan fingerprint density at radius 2 is 1.39 bits per heavy atom. The van der Waals surface area contributed by atoms with Gasteiger partial charge in [0.1, 0.15) is 5.75 Å². The molecule has 0 atom stereocenters. The normalized spacial score (nSPS) is 10.3. The molecule has 0 bridgehead atoms. The second kappa shape index (κ2) is 9.51. The van der Waals surface area contributed by atoms with Gasteiger partial charge < -0.3 is 9.47 Å². The molecule has 0 unspecified atom stereocenters. The molecule has 0 aromatic heterocycles. The summed E-state index contributed by atoms with van der Waals surface area (Å²) in [5.41, 5.74) is 3.80. The molecule has 142 valence electrons. The van der Waals surface area contributed by atoms with Gasteiger partial charge in [-0.1, -0.05) is 73.7 Å². The van der Waals surface area contributed by atoms with Crippen molar-refractivity contribution in [1.29, 1.82) is 0 Å². The van der Waals surface area contributed by atoms with Crippen molar-refractivity contribution >= 4 is 11.8 Å². The second-order valence-corrected chi connectivity index (χ2v) is 6.31. The number of ketones is 1. The number of rotatable bonds is 8. The van der Waals surface area contributed by atoms with Gasteiger partial charge in [-0.3, -0.25) is 4.79 Å². The maximum atomic E-state index is 12.2. The number of hydrogen-bond donors (Lipinski definition) is 0. The van der Waals surface area contributed by atoms with Gasteiger partial charge in [0.15, 0.2) is 19.0 Å². The molecule has 0 radical (unpaired) electrons. The molecule has 0 aliphatic rings. The summed E-state index contributed by atoms with van der Waals surface area (Å²) in [5, 5.41) is 0. The van der Waals surface area contributed by atoms with Gasteiger partial charge in [0, 0.05) is 5.56 Å². The fraction of sp³-hybridized carbons (Fsp3) is 0.167. The zero-order valence-electron chi connectivity index (χ0n) is 15.8. The molecule has 4 heteroatoms. The third-order valence-electron chi connectivity index (χ3n) is 4.37. The van der Waals surface area contributed by atoms with Gasteiger partial charge in [0.25, 0.3) is 0 Å². The van der Waals surface area contributed by atoms with Crippen molar-refractivity contribution in [2.24, 2.45) is 0 Å². The van der Waals surface area contributed by atoms with Crippen molar-refractivity contribution in [3.05, 3.63) is 90.0 Å². The second-order valence-electron chi connectivity index (χ2n) is 6.31. The molecule has 0 heterocycles. The van der Waals surface area contributed by atoms with E-state index in [0.717, 1.165) is 17.5 Å². The van der Waals surface area contributed by atoms with Crippen LogP contribution in [0.3, 0.4) is 0 Å². The standard InChI is InChI=1S/C24H22O4/c1-2-18-8-14-22(15-9-18)27-17-24(26)28-16-23(25)21-12-10-20(11-13-21)19-6-4-3-5-7-19/h3-15H,2,16-17H2,1H3. The minimum Gasteiger partial charge on any atom is -0.482 e. The maximum absolute atomic E-state index is 12.2. The van der Waals surface area contributed by atoms with Crippen LogP contribution >= 0.6 is 0 Å². The highest BCUT2D eigenvalue weighted by molar-refractivity contribution is 5.98. The van der Waals surface area contributed by atoms with Crippen molar-refractivity contribution in [2.45, 2.75) is 13.3 Å². The summed E-state index contributed by atoms with van der Waals surface area (Å²) in [7, 11) is 0. The van der Waals surface area contributed by atoms with E-state index in [1.54, 1.807) is 12.1 Å². The molecule has 0 fully saturated rings. The zero-order chi connectivity index (χ0) is 19.8. The van der Waals surface area contributed by atoms with Crippen LogP contribution in [0.5, 0.6) is 5.75 Å². The average molecular weight is 374 g/mol. The van der Waals surface area contributed by atoms with E-state index in [1.807, 2.05) is 66.7 Å². The molecule has 0 N–H and O–H groups in total. The number of carbonyl (C=O) groups excluding carboxylic acids is 2. The molecule has 4 nitrogen and oxygen atoms in total. The van der Waals surface area contributed by atoms with Crippen LogP contribution in [0.1, 0.15) is 22.8 Å². The number of carbonyl (C=O) groups is 2. The van der Waals surface area contributed by atoms with Gasteiger partial charge in [-0.2, -0.15) is 0 Å². The van der Waals surface area contributed by atoms with E-state index in [-0.39, 0.29) is 19.0 Å². The monoisotopic (exact) mass is 374 g/mol. The summed E-state index contributed by atoms with van der Waals surface area (Å²) in [6, 6.07) is 24.7. The molecule has 3 aromatic carbocycles. The minimum absolute atomic E-state index is 0.230. The first-order valence-corrected chi connectivity index (χ1v) is 9.22. The lowest BCUT2D eigenvalue weighted by Crippen LogP contribution is -2.19. The lowest BCUT2D eigenvalue weighted by molar-refractivity contribution is -0.144. The average Bonchev–Trinajstić information content (AvgIpc) is 2.77. The lowest BCUT2D eigenvalue weighted by Gasteiger charge is -2.08. The molecule has 0 spiro atoms. The SMILES string of the molecule is CCc1ccc(OCC(=O)OCC(=O)c2ccc(-c3ccccc3)cc2)cc1. The molecule has 0 aliphatic carbocycles. The molecule has 0 aliphatic heterocycles. The smallest absolute Gasteiger partial charge is 0.344 e. The van der Waals surface area contributed by atoms with Crippen LogP contribution < -0.4 is 4.74 Å². The summed E-state index contributed by atoms with van der Waals surface area (Å²) in [4.78, 5) is 24.0. The van der Waals surface area contributed by atoms with Crippen LogP contribution in [-0.2, 0) is 16.0 Å². The number of aryl methyl sites for hydroxylation is 1. The fourth-order valence-corrected chi connectivity index (χ4v) is 2.71. The third-order valence-corrected chi connectivity index (χ3v) is 4.37. The Bertz CT molecular complexity index is 913. The first-order chi connectivity index (χ1) is 13.7. The van der Waals surface area contributed by atoms with Gasteiger partial charge in [0.2, 0.25) is 0 Å². The van der Waals surface area contributed by atoms with Gasteiger partial charge in [-0.25, -0.2) is 4.79 Å². The Labute approximate surface area is 164 Å². The fourth-order valence-electron chi connectivity index (χ4n) is 2.71. The van der Waals surface area contributed by atoms with Crippen LogP contribution in [0.15, 0.2) is 78.9 Å². The molecule has 3 aromatic rings. The summed E-state index contributed by atoms with van der Waals surface area (Å²) in [6.07, 6.45) is 0.941. The molecular weight excluding hydrogens is 352 g/mol. The Kier molecular flexibility index (Phi) is 6.58. The zero-order valence-corrected chi connectivity index (χ0v) is 15.8. The predicted octanol–water partition coefficient (Wildman–Crippen LogP) is 4.72. The number of benzene rings is 3. The van der Waals surface area contributed by atoms with Crippen molar-refractivity contribution in [1.82, 2.24) is 0 Å². The Hall–Kier alpha value is -3.40. The van der Waals surface area contributed by atoms with Crippen LogP contribution in [0, 0.1) is 0 Å². The van der Waals surface area contributed by atoms with E-state index in [2.05, 4.69) is 6.92 Å². The van der Waals surface area contributed by atoms with Gasteiger partial charge >= 0.3 is 5.97 Å². The van der Waals surface area contributed by atoms with Crippen LogP contribution in [0.25, 0.3) is 11.1 Å². The first-order valence-electron chi connectivity index (χ1n) is 9.22. The van der Waals surface area contributed by atoms with Crippen molar-refractivity contribution < 1.29 is 19.1 Å². The highest BCUT2D eigenvalue weighted by Crippen LogP contribution is 2.19. The quantitative estimate of drug-likeness (QED) is 0.423.